The standard InChI is InChI=1S/C19H17O5/c1-3-13(2)23-19(22)24-17-11-7-6-10-16(17)18(21)15-9-5-4-8-14(15)12-20/h4-11,13H,3H2,1-2H3. The smallest absolute Gasteiger partial charge is 0.431 e. The zero-order valence-electron chi connectivity index (χ0n) is 13.4. The van der Waals surface area contributed by atoms with Gasteiger partial charge in [0.25, 0.3) is 0 Å². The number of hydrogen-bond donors (Lipinski definition) is 0. The average Bonchev–Trinajstić information content (AvgIpc) is 2.61. The van der Waals surface area contributed by atoms with Crippen LogP contribution in [0.2, 0.25) is 0 Å². The molecule has 0 saturated carbocycles. The van der Waals surface area contributed by atoms with E-state index in [-0.39, 0.29) is 28.5 Å². The van der Waals surface area contributed by atoms with E-state index in [1.165, 1.54) is 24.3 Å². The Labute approximate surface area is 140 Å². The highest BCUT2D eigenvalue weighted by Crippen LogP contribution is 2.23. The van der Waals surface area contributed by atoms with Gasteiger partial charge in [0.1, 0.15) is 11.9 Å². The van der Waals surface area contributed by atoms with Crippen molar-refractivity contribution in [3.05, 3.63) is 65.2 Å². The quantitative estimate of drug-likeness (QED) is 0.460. The molecule has 123 valence electrons. The number of hydrogen-bond acceptors (Lipinski definition) is 5. The second-order valence-electron chi connectivity index (χ2n) is 5.16. The molecule has 0 aliphatic carbocycles. The fraction of sp³-hybridized carbons (Fsp3) is 0.211. The molecule has 1 unspecified atom stereocenters. The van der Waals surface area contributed by atoms with Gasteiger partial charge >= 0.3 is 6.16 Å². The maximum Gasteiger partial charge on any atom is 0.514 e. The SMILES string of the molecule is CCC(C)OC(=O)Oc1ccccc1C(=O)c1ccccc1[C]=O. The maximum absolute atomic E-state index is 12.7. The van der Waals surface area contributed by atoms with E-state index in [2.05, 4.69) is 0 Å². The molecule has 0 aliphatic rings. The number of ketones is 1. The molecule has 5 heteroatoms. The minimum Gasteiger partial charge on any atom is -0.431 e. The molecule has 24 heavy (non-hydrogen) atoms. The summed E-state index contributed by atoms with van der Waals surface area (Å²) in [5, 5.41) is 0. The summed E-state index contributed by atoms with van der Waals surface area (Å²) in [6.07, 6.45) is 1.23. The lowest BCUT2D eigenvalue weighted by atomic mass is 9.98. The molecule has 0 amide bonds. The van der Waals surface area contributed by atoms with E-state index in [1.54, 1.807) is 37.5 Å². The Balaban J connectivity index is 2.30. The van der Waals surface area contributed by atoms with Crippen LogP contribution in [-0.2, 0) is 9.53 Å². The van der Waals surface area contributed by atoms with Crippen molar-refractivity contribution in [2.45, 2.75) is 26.4 Å². The van der Waals surface area contributed by atoms with Crippen molar-refractivity contribution in [1.29, 1.82) is 0 Å². The van der Waals surface area contributed by atoms with Gasteiger partial charge in [0.05, 0.1) is 5.56 Å². The fourth-order valence-electron chi connectivity index (χ4n) is 2.02. The number of ether oxygens (including phenoxy) is 2. The monoisotopic (exact) mass is 325 g/mol. The highest BCUT2D eigenvalue weighted by atomic mass is 16.7. The first kappa shape index (κ1) is 17.4. The third kappa shape index (κ3) is 4.07. The normalized spacial score (nSPS) is 11.4. The van der Waals surface area contributed by atoms with E-state index in [0.29, 0.717) is 6.42 Å². The van der Waals surface area contributed by atoms with Crippen LogP contribution in [0.25, 0.3) is 0 Å². The van der Waals surface area contributed by atoms with Crippen LogP contribution in [-0.4, -0.2) is 24.3 Å². The molecule has 1 radical (unpaired) electrons. The summed E-state index contributed by atoms with van der Waals surface area (Å²) >= 11 is 0. The first-order chi connectivity index (χ1) is 11.6. The van der Waals surface area contributed by atoms with Gasteiger partial charge in [-0.05, 0) is 25.5 Å². The van der Waals surface area contributed by atoms with Crippen molar-refractivity contribution in [3.8, 4) is 5.75 Å². The van der Waals surface area contributed by atoms with Crippen molar-refractivity contribution < 1.29 is 23.9 Å². The first-order valence-electron chi connectivity index (χ1n) is 7.56. The van der Waals surface area contributed by atoms with Crippen LogP contribution >= 0.6 is 0 Å². The molecular formula is C19H17O5. The fourth-order valence-corrected chi connectivity index (χ4v) is 2.02. The van der Waals surface area contributed by atoms with E-state index < -0.39 is 11.9 Å². The Bertz CT molecular complexity index is 751. The number of para-hydroxylation sites is 1. The number of rotatable bonds is 6. The summed E-state index contributed by atoms with van der Waals surface area (Å²) < 4.78 is 10.2. The summed E-state index contributed by atoms with van der Waals surface area (Å²) in [5.41, 5.74) is 0.514. The number of benzene rings is 2. The predicted octanol–water partition coefficient (Wildman–Crippen LogP) is 3.69. The van der Waals surface area contributed by atoms with Crippen LogP contribution in [0.3, 0.4) is 0 Å². The van der Waals surface area contributed by atoms with Gasteiger partial charge in [0.15, 0.2) is 5.78 Å². The van der Waals surface area contributed by atoms with E-state index in [0.717, 1.165) is 0 Å². The summed E-state index contributed by atoms with van der Waals surface area (Å²) in [6, 6.07) is 12.6. The molecule has 1 atom stereocenters. The lowest BCUT2D eigenvalue weighted by Gasteiger charge is -2.13. The minimum atomic E-state index is -0.875. The van der Waals surface area contributed by atoms with Crippen molar-refractivity contribution in [1.82, 2.24) is 0 Å². The topological polar surface area (TPSA) is 69.7 Å². The third-order valence-electron chi connectivity index (χ3n) is 3.48. The van der Waals surface area contributed by atoms with Gasteiger partial charge in [-0.3, -0.25) is 9.59 Å². The highest BCUT2D eigenvalue weighted by molar-refractivity contribution is 6.14. The van der Waals surface area contributed by atoms with Crippen molar-refractivity contribution >= 4 is 18.2 Å². The Kier molecular flexibility index (Phi) is 5.84. The first-order valence-corrected chi connectivity index (χ1v) is 7.56. The van der Waals surface area contributed by atoms with Crippen molar-refractivity contribution in [2.24, 2.45) is 0 Å². The molecule has 0 aromatic heterocycles. The number of carbonyl (C=O) groups is 2. The molecule has 0 N–H and O–H groups in total. The minimum absolute atomic E-state index is 0.0801. The van der Waals surface area contributed by atoms with Crippen LogP contribution in [0.5, 0.6) is 5.75 Å². The summed E-state index contributed by atoms with van der Waals surface area (Å²) in [4.78, 5) is 35.5. The molecule has 2 aromatic rings. The Hall–Kier alpha value is -2.95. The van der Waals surface area contributed by atoms with Gasteiger partial charge < -0.3 is 9.47 Å². The molecule has 2 rings (SSSR count). The summed E-state index contributed by atoms with van der Waals surface area (Å²) in [6.45, 7) is 3.62. The largest absolute Gasteiger partial charge is 0.514 e. The Morgan fingerprint density at radius 3 is 2.33 bits per heavy atom. The van der Waals surface area contributed by atoms with Crippen molar-refractivity contribution in [3.63, 3.8) is 0 Å². The zero-order chi connectivity index (χ0) is 17.5. The maximum atomic E-state index is 12.7. The average molecular weight is 325 g/mol. The summed E-state index contributed by atoms with van der Waals surface area (Å²) in [7, 11) is 0. The zero-order valence-corrected chi connectivity index (χ0v) is 13.4. The van der Waals surface area contributed by atoms with Gasteiger partial charge in [-0.15, -0.1) is 0 Å². The molecule has 0 spiro atoms. The van der Waals surface area contributed by atoms with Gasteiger partial charge in [0, 0.05) is 11.1 Å². The summed E-state index contributed by atoms with van der Waals surface area (Å²) in [5.74, 6) is -0.350. The van der Waals surface area contributed by atoms with Gasteiger partial charge in [-0.1, -0.05) is 43.3 Å². The molecule has 0 bridgehead atoms. The van der Waals surface area contributed by atoms with E-state index in [9.17, 15) is 14.4 Å². The second-order valence-corrected chi connectivity index (χ2v) is 5.16. The second kappa shape index (κ2) is 8.06. The third-order valence-corrected chi connectivity index (χ3v) is 3.48. The highest BCUT2D eigenvalue weighted by Gasteiger charge is 2.20. The molecule has 5 nitrogen and oxygen atoms in total. The predicted molar refractivity (Wildman–Crippen MR) is 88.0 cm³/mol. The Morgan fingerprint density at radius 1 is 1.04 bits per heavy atom. The molecule has 0 saturated heterocycles. The van der Waals surface area contributed by atoms with Gasteiger partial charge in [-0.25, -0.2) is 4.79 Å². The molecular weight excluding hydrogens is 308 g/mol. The van der Waals surface area contributed by atoms with E-state index in [4.69, 9.17) is 9.47 Å². The lowest BCUT2D eigenvalue weighted by Crippen LogP contribution is -2.19. The Morgan fingerprint density at radius 2 is 1.67 bits per heavy atom. The molecule has 2 aromatic carbocycles. The van der Waals surface area contributed by atoms with Crippen LogP contribution in [0.4, 0.5) is 4.79 Å². The number of carbonyl (C=O) groups excluding carboxylic acids is 3. The van der Waals surface area contributed by atoms with E-state index >= 15 is 0 Å². The van der Waals surface area contributed by atoms with Gasteiger partial charge in [0.2, 0.25) is 6.29 Å². The van der Waals surface area contributed by atoms with Gasteiger partial charge in [-0.2, -0.15) is 0 Å². The van der Waals surface area contributed by atoms with Crippen molar-refractivity contribution in [2.75, 3.05) is 0 Å². The molecule has 0 fully saturated rings. The van der Waals surface area contributed by atoms with Crippen LogP contribution in [0, 0.1) is 0 Å². The molecule has 0 heterocycles. The van der Waals surface area contributed by atoms with Crippen LogP contribution in [0.1, 0.15) is 41.8 Å². The van der Waals surface area contributed by atoms with E-state index in [1.807, 2.05) is 6.92 Å². The van der Waals surface area contributed by atoms with Crippen LogP contribution < -0.4 is 4.74 Å². The molecule has 0 aliphatic heterocycles. The van der Waals surface area contributed by atoms with Crippen LogP contribution in [0.15, 0.2) is 48.5 Å². The lowest BCUT2D eigenvalue weighted by molar-refractivity contribution is 0.0641.